The molecule has 0 spiro atoms. The standard InChI is InChI=1S/C17H28N4O4S.HI/c1-13(9-10-26(4,23)24)21-17(18-2)20-12-16(22)19-11-14-5-7-15(25-3)8-6-14;/h5-8,13H,9-12H2,1-4H3,(H,19,22)(H2,18,20,21);1H. The van der Waals surface area contributed by atoms with E-state index in [-0.39, 0.29) is 48.2 Å². The van der Waals surface area contributed by atoms with Crippen molar-refractivity contribution in [3.8, 4) is 5.75 Å². The normalized spacial score (nSPS) is 12.5. The number of hydrogen-bond donors (Lipinski definition) is 3. The van der Waals surface area contributed by atoms with Crippen LogP contribution < -0.4 is 20.7 Å². The molecule has 0 aromatic heterocycles. The van der Waals surface area contributed by atoms with E-state index >= 15 is 0 Å². The first-order chi connectivity index (χ1) is 12.2. The molecule has 10 heteroatoms. The molecular formula is C17H29IN4O4S. The minimum atomic E-state index is -3.00. The average molecular weight is 512 g/mol. The van der Waals surface area contributed by atoms with E-state index in [1.54, 1.807) is 14.2 Å². The van der Waals surface area contributed by atoms with Crippen molar-refractivity contribution in [1.29, 1.82) is 0 Å². The Kier molecular flexibility index (Phi) is 12.0. The molecule has 0 fully saturated rings. The maximum Gasteiger partial charge on any atom is 0.239 e. The molecule has 1 aromatic carbocycles. The van der Waals surface area contributed by atoms with Crippen LogP contribution in [0.5, 0.6) is 5.75 Å². The topological polar surface area (TPSA) is 109 Å². The Morgan fingerprint density at radius 1 is 1.22 bits per heavy atom. The molecule has 1 rings (SSSR count). The Hall–Kier alpha value is -1.56. The van der Waals surface area contributed by atoms with Crippen LogP contribution in [0, 0.1) is 0 Å². The maximum atomic E-state index is 11.9. The van der Waals surface area contributed by atoms with Crippen LogP contribution >= 0.6 is 24.0 Å². The molecule has 27 heavy (non-hydrogen) atoms. The van der Waals surface area contributed by atoms with Crippen LogP contribution in [-0.2, 0) is 21.2 Å². The highest BCUT2D eigenvalue weighted by Gasteiger charge is 2.10. The monoisotopic (exact) mass is 512 g/mol. The summed E-state index contributed by atoms with van der Waals surface area (Å²) in [7, 11) is 0.196. The van der Waals surface area contributed by atoms with Crippen LogP contribution in [0.25, 0.3) is 0 Å². The Morgan fingerprint density at radius 2 is 1.85 bits per heavy atom. The van der Waals surface area contributed by atoms with Crippen molar-refractivity contribution in [2.45, 2.75) is 25.9 Å². The summed E-state index contributed by atoms with van der Waals surface area (Å²) in [6.45, 7) is 2.34. The lowest BCUT2D eigenvalue weighted by molar-refractivity contribution is -0.120. The van der Waals surface area contributed by atoms with Crippen molar-refractivity contribution >= 4 is 45.7 Å². The lowest BCUT2D eigenvalue weighted by Gasteiger charge is -2.17. The molecule has 154 valence electrons. The van der Waals surface area contributed by atoms with Gasteiger partial charge in [0.05, 0.1) is 19.4 Å². The van der Waals surface area contributed by atoms with E-state index in [0.717, 1.165) is 11.3 Å². The Labute approximate surface area is 178 Å². The fraction of sp³-hybridized carbons (Fsp3) is 0.529. The summed E-state index contributed by atoms with van der Waals surface area (Å²) >= 11 is 0. The van der Waals surface area contributed by atoms with E-state index < -0.39 is 9.84 Å². The van der Waals surface area contributed by atoms with E-state index in [0.29, 0.717) is 18.9 Å². The van der Waals surface area contributed by atoms with Crippen molar-refractivity contribution in [3.05, 3.63) is 29.8 Å². The summed E-state index contributed by atoms with van der Waals surface area (Å²) in [6.07, 6.45) is 1.67. The van der Waals surface area contributed by atoms with Gasteiger partial charge in [0.15, 0.2) is 5.96 Å². The van der Waals surface area contributed by atoms with E-state index in [9.17, 15) is 13.2 Å². The zero-order valence-corrected chi connectivity index (χ0v) is 19.3. The van der Waals surface area contributed by atoms with Crippen LogP contribution in [-0.4, -0.2) is 59.0 Å². The number of amides is 1. The first-order valence-corrected chi connectivity index (χ1v) is 10.3. The van der Waals surface area contributed by atoms with Crippen molar-refractivity contribution in [1.82, 2.24) is 16.0 Å². The van der Waals surface area contributed by atoms with Gasteiger partial charge in [-0.25, -0.2) is 8.42 Å². The molecule has 0 saturated heterocycles. The van der Waals surface area contributed by atoms with Gasteiger partial charge in [-0.05, 0) is 31.0 Å². The predicted octanol–water partition coefficient (Wildman–Crippen LogP) is 0.918. The largest absolute Gasteiger partial charge is 0.497 e. The van der Waals surface area contributed by atoms with Crippen LogP contribution in [0.1, 0.15) is 18.9 Å². The highest BCUT2D eigenvalue weighted by molar-refractivity contribution is 14.0. The zero-order chi connectivity index (χ0) is 19.6. The quantitative estimate of drug-likeness (QED) is 0.258. The van der Waals surface area contributed by atoms with Crippen molar-refractivity contribution in [2.24, 2.45) is 4.99 Å². The number of sulfone groups is 1. The van der Waals surface area contributed by atoms with Crippen molar-refractivity contribution in [3.63, 3.8) is 0 Å². The number of halogens is 1. The summed E-state index contributed by atoms with van der Waals surface area (Å²) in [5.74, 6) is 1.14. The first kappa shape index (κ1) is 25.4. The molecule has 1 unspecified atom stereocenters. The molecule has 1 amide bonds. The predicted molar refractivity (Wildman–Crippen MR) is 119 cm³/mol. The van der Waals surface area contributed by atoms with E-state index in [1.807, 2.05) is 31.2 Å². The number of guanidine groups is 1. The van der Waals surface area contributed by atoms with Gasteiger partial charge in [0.25, 0.3) is 0 Å². The lowest BCUT2D eigenvalue weighted by atomic mass is 10.2. The number of carbonyl (C=O) groups excluding carboxylic acids is 1. The second-order valence-electron chi connectivity index (χ2n) is 6.01. The summed E-state index contributed by atoms with van der Waals surface area (Å²) < 4.78 is 27.5. The number of aliphatic imine (C=N–C) groups is 1. The van der Waals surface area contributed by atoms with Gasteiger partial charge in [-0.1, -0.05) is 12.1 Å². The third-order valence-electron chi connectivity index (χ3n) is 3.59. The second kappa shape index (κ2) is 12.8. The number of methoxy groups -OCH3 is 1. The fourth-order valence-electron chi connectivity index (χ4n) is 2.06. The molecule has 0 aliphatic carbocycles. The third-order valence-corrected chi connectivity index (χ3v) is 4.57. The van der Waals surface area contributed by atoms with Crippen molar-refractivity contribution in [2.75, 3.05) is 32.7 Å². The molecule has 0 bridgehead atoms. The SMILES string of the molecule is CN=C(NCC(=O)NCc1ccc(OC)cc1)NC(C)CCS(C)(=O)=O.I. The molecule has 0 aliphatic rings. The van der Waals surface area contributed by atoms with Crippen LogP contribution in [0.4, 0.5) is 0 Å². The average Bonchev–Trinajstić information content (AvgIpc) is 2.61. The molecule has 0 heterocycles. The summed E-state index contributed by atoms with van der Waals surface area (Å²) in [5, 5.41) is 8.78. The Balaban J connectivity index is 0.00000676. The highest BCUT2D eigenvalue weighted by atomic mass is 127. The second-order valence-corrected chi connectivity index (χ2v) is 8.27. The number of rotatable bonds is 9. The molecule has 8 nitrogen and oxygen atoms in total. The molecule has 0 aliphatic heterocycles. The lowest BCUT2D eigenvalue weighted by Crippen LogP contribution is -2.46. The Morgan fingerprint density at radius 3 is 2.37 bits per heavy atom. The minimum absolute atomic E-state index is 0. The number of ether oxygens (including phenoxy) is 1. The van der Waals surface area contributed by atoms with E-state index in [4.69, 9.17) is 4.74 Å². The summed E-state index contributed by atoms with van der Waals surface area (Å²) in [6, 6.07) is 7.36. The number of nitrogens with one attached hydrogen (secondary N) is 3. The van der Waals surface area contributed by atoms with Crippen LogP contribution in [0.2, 0.25) is 0 Å². The number of nitrogens with zero attached hydrogens (tertiary/aromatic N) is 1. The number of carbonyl (C=O) groups is 1. The maximum absolute atomic E-state index is 11.9. The smallest absolute Gasteiger partial charge is 0.239 e. The van der Waals surface area contributed by atoms with Crippen LogP contribution in [0.3, 0.4) is 0 Å². The fourth-order valence-corrected chi connectivity index (χ4v) is 2.84. The van der Waals surface area contributed by atoms with Gasteiger partial charge >= 0.3 is 0 Å². The molecule has 1 aromatic rings. The van der Waals surface area contributed by atoms with E-state index in [2.05, 4.69) is 20.9 Å². The van der Waals surface area contributed by atoms with Gasteiger partial charge in [0.1, 0.15) is 15.6 Å². The number of benzene rings is 1. The molecule has 1 atom stereocenters. The van der Waals surface area contributed by atoms with Gasteiger partial charge in [-0.3, -0.25) is 9.79 Å². The van der Waals surface area contributed by atoms with Gasteiger partial charge in [-0.2, -0.15) is 0 Å². The number of hydrogen-bond acceptors (Lipinski definition) is 5. The molecule has 3 N–H and O–H groups in total. The summed E-state index contributed by atoms with van der Waals surface area (Å²) in [5.41, 5.74) is 0.969. The van der Waals surface area contributed by atoms with Crippen molar-refractivity contribution < 1.29 is 17.9 Å². The molecule has 0 saturated carbocycles. The first-order valence-electron chi connectivity index (χ1n) is 8.28. The third kappa shape index (κ3) is 11.7. The Bertz CT molecular complexity index is 708. The van der Waals surface area contributed by atoms with Gasteiger partial charge in [-0.15, -0.1) is 24.0 Å². The zero-order valence-electron chi connectivity index (χ0n) is 16.1. The van der Waals surface area contributed by atoms with Crippen LogP contribution in [0.15, 0.2) is 29.3 Å². The van der Waals surface area contributed by atoms with E-state index in [1.165, 1.54) is 6.26 Å². The van der Waals surface area contributed by atoms with Gasteiger partial charge in [0, 0.05) is 25.9 Å². The van der Waals surface area contributed by atoms with Gasteiger partial charge < -0.3 is 20.7 Å². The summed E-state index contributed by atoms with van der Waals surface area (Å²) in [4.78, 5) is 16.0. The molecule has 0 radical (unpaired) electrons. The highest BCUT2D eigenvalue weighted by Crippen LogP contribution is 2.10. The van der Waals surface area contributed by atoms with Gasteiger partial charge in [0.2, 0.25) is 5.91 Å². The molecular weight excluding hydrogens is 483 g/mol. The minimum Gasteiger partial charge on any atom is -0.497 e.